The third-order valence-corrected chi connectivity index (χ3v) is 19.5. The molecular formula is C83H161NO5. The van der Waals surface area contributed by atoms with E-state index in [1.54, 1.807) is 0 Å². The summed E-state index contributed by atoms with van der Waals surface area (Å²) < 4.78 is 5.52. The molecule has 2 atom stereocenters. The summed E-state index contributed by atoms with van der Waals surface area (Å²) in [6, 6.07) is -0.539. The summed E-state index contributed by atoms with van der Waals surface area (Å²) in [6.45, 7) is 4.99. The number of aliphatic hydroxyl groups is 2. The number of rotatable bonds is 78. The van der Waals surface area contributed by atoms with Crippen LogP contribution in [0.1, 0.15) is 470 Å². The summed E-state index contributed by atoms with van der Waals surface area (Å²) in [5, 5.41) is 23.5. The Hall–Kier alpha value is -1.66. The van der Waals surface area contributed by atoms with Crippen LogP contribution in [0.25, 0.3) is 0 Å². The lowest BCUT2D eigenvalue weighted by Crippen LogP contribution is -2.45. The zero-order chi connectivity index (χ0) is 64.2. The molecule has 0 aliphatic carbocycles. The Balaban J connectivity index is 3.32. The van der Waals surface area contributed by atoms with Gasteiger partial charge in [0, 0.05) is 12.8 Å². The van der Waals surface area contributed by atoms with Gasteiger partial charge in [-0.15, -0.1) is 0 Å². The minimum absolute atomic E-state index is 0.0181. The highest BCUT2D eigenvalue weighted by Crippen LogP contribution is 2.21. The average Bonchev–Trinajstić information content (AvgIpc) is 3.68. The van der Waals surface area contributed by atoms with Gasteiger partial charge in [-0.3, -0.25) is 9.59 Å². The second-order valence-corrected chi connectivity index (χ2v) is 28.5. The molecule has 0 fully saturated rings. The molecule has 0 spiro atoms. The van der Waals surface area contributed by atoms with Gasteiger partial charge in [0.15, 0.2) is 0 Å². The van der Waals surface area contributed by atoms with Crippen molar-refractivity contribution in [3.8, 4) is 0 Å². The SMILES string of the molecule is CCCCC/C=C\C/C=C\CCCCCCCCCCCC(=O)OCCCCCCCCCCCCCCCCCCCCCCCCCCCCCCCCCC(=O)NC(CO)C(O)CCCCCCCCCCCCCCCCCCCCCCCC. The molecule has 0 rings (SSSR count). The van der Waals surface area contributed by atoms with Gasteiger partial charge in [0.2, 0.25) is 5.91 Å². The summed E-state index contributed by atoms with van der Waals surface area (Å²) >= 11 is 0. The van der Waals surface area contributed by atoms with E-state index in [1.807, 2.05) is 0 Å². The quantitative estimate of drug-likeness (QED) is 0.0320. The van der Waals surface area contributed by atoms with Crippen LogP contribution < -0.4 is 5.32 Å². The van der Waals surface area contributed by atoms with Crippen LogP contribution in [0.4, 0.5) is 0 Å². The summed E-state index contributed by atoms with van der Waals surface area (Å²) in [5.41, 5.74) is 0. The second-order valence-electron chi connectivity index (χ2n) is 28.5. The molecule has 0 aliphatic heterocycles. The fourth-order valence-corrected chi connectivity index (χ4v) is 13.3. The lowest BCUT2D eigenvalue weighted by atomic mass is 10.0. The zero-order valence-electron chi connectivity index (χ0n) is 60.7. The molecule has 528 valence electrons. The van der Waals surface area contributed by atoms with Gasteiger partial charge in [-0.1, -0.05) is 423 Å². The van der Waals surface area contributed by atoms with Gasteiger partial charge < -0.3 is 20.3 Å². The van der Waals surface area contributed by atoms with Gasteiger partial charge in [-0.25, -0.2) is 0 Å². The maximum atomic E-state index is 12.6. The van der Waals surface area contributed by atoms with Crippen molar-refractivity contribution in [2.45, 2.75) is 482 Å². The van der Waals surface area contributed by atoms with Gasteiger partial charge in [0.25, 0.3) is 0 Å². The van der Waals surface area contributed by atoms with Crippen molar-refractivity contribution in [2.75, 3.05) is 13.2 Å². The van der Waals surface area contributed by atoms with Gasteiger partial charge in [-0.2, -0.15) is 0 Å². The number of hydrogen-bond acceptors (Lipinski definition) is 5. The second kappa shape index (κ2) is 78.8. The average molecular weight is 1250 g/mol. The molecule has 0 aromatic heterocycles. The van der Waals surface area contributed by atoms with Crippen molar-refractivity contribution in [3.63, 3.8) is 0 Å². The number of amides is 1. The van der Waals surface area contributed by atoms with E-state index in [0.717, 1.165) is 51.4 Å². The Bertz CT molecular complexity index is 1400. The van der Waals surface area contributed by atoms with Crippen molar-refractivity contribution in [1.29, 1.82) is 0 Å². The molecule has 0 saturated heterocycles. The van der Waals surface area contributed by atoms with Crippen molar-refractivity contribution < 1.29 is 24.5 Å². The van der Waals surface area contributed by atoms with Crippen LogP contribution in [-0.2, 0) is 14.3 Å². The van der Waals surface area contributed by atoms with Crippen LogP contribution >= 0.6 is 0 Å². The largest absolute Gasteiger partial charge is 0.466 e. The fraction of sp³-hybridized carbons (Fsp3) is 0.928. The highest BCUT2D eigenvalue weighted by Gasteiger charge is 2.20. The molecule has 6 heteroatoms. The zero-order valence-corrected chi connectivity index (χ0v) is 60.7. The molecule has 0 saturated carbocycles. The molecular weight excluding hydrogens is 1090 g/mol. The van der Waals surface area contributed by atoms with Crippen molar-refractivity contribution >= 4 is 11.9 Å². The first-order chi connectivity index (χ1) is 44.0. The number of nitrogens with one attached hydrogen (secondary N) is 1. The Morgan fingerprint density at radius 3 is 0.876 bits per heavy atom. The Labute approximate surface area is 558 Å². The number of aliphatic hydroxyl groups excluding tert-OH is 2. The number of ether oxygens (including phenoxy) is 1. The summed E-state index contributed by atoms with van der Waals surface area (Å²) in [5.74, 6) is -0.00691. The molecule has 0 aromatic rings. The molecule has 89 heavy (non-hydrogen) atoms. The Morgan fingerprint density at radius 1 is 0.315 bits per heavy atom. The van der Waals surface area contributed by atoms with Gasteiger partial charge in [-0.05, 0) is 57.8 Å². The predicted molar refractivity (Wildman–Crippen MR) is 393 cm³/mol. The van der Waals surface area contributed by atoms with E-state index in [0.29, 0.717) is 25.9 Å². The minimum atomic E-state index is -0.662. The molecule has 6 nitrogen and oxygen atoms in total. The number of esters is 1. The van der Waals surface area contributed by atoms with E-state index < -0.39 is 12.1 Å². The van der Waals surface area contributed by atoms with E-state index in [-0.39, 0.29) is 18.5 Å². The number of carbonyl (C=O) groups is 2. The minimum Gasteiger partial charge on any atom is -0.466 e. The third-order valence-electron chi connectivity index (χ3n) is 19.5. The van der Waals surface area contributed by atoms with E-state index in [9.17, 15) is 19.8 Å². The van der Waals surface area contributed by atoms with Gasteiger partial charge >= 0.3 is 5.97 Å². The molecule has 0 aromatic carbocycles. The molecule has 0 radical (unpaired) electrons. The monoisotopic (exact) mass is 1250 g/mol. The van der Waals surface area contributed by atoms with Crippen molar-refractivity contribution in [2.24, 2.45) is 0 Å². The molecule has 0 aliphatic rings. The maximum Gasteiger partial charge on any atom is 0.305 e. The molecule has 2 unspecified atom stereocenters. The first-order valence-electron chi connectivity index (χ1n) is 41.1. The first-order valence-corrected chi connectivity index (χ1v) is 41.1. The van der Waals surface area contributed by atoms with Crippen LogP contribution in [0.3, 0.4) is 0 Å². The predicted octanol–water partition coefficient (Wildman–Crippen LogP) is 27.2. The number of allylic oxidation sites excluding steroid dienone is 4. The van der Waals surface area contributed by atoms with Crippen LogP contribution in [-0.4, -0.2) is 47.4 Å². The van der Waals surface area contributed by atoms with Crippen LogP contribution in [0.15, 0.2) is 24.3 Å². The summed E-state index contributed by atoms with van der Waals surface area (Å²) in [4.78, 5) is 24.7. The van der Waals surface area contributed by atoms with E-state index in [2.05, 4.69) is 43.5 Å². The highest BCUT2D eigenvalue weighted by molar-refractivity contribution is 5.76. The van der Waals surface area contributed by atoms with Gasteiger partial charge in [0.1, 0.15) is 0 Å². The van der Waals surface area contributed by atoms with E-state index in [4.69, 9.17) is 4.74 Å². The van der Waals surface area contributed by atoms with Crippen molar-refractivity contribution in [3.05, 3.63) is 24.3 Å². The fourth-order valence-electron chi connectivity index (χ4n) is 13.3. The third kappa shape index (κ3) is 75.3. The normalized spacial score (nSPS) is 12.5. The number of unbranched alkanes of at least 4 members (excludes halogenated alkanes) is 63. The molecule has 0 heterocycles. The van der Waals surface area contributed by atoms with Crippen LogP contribution in [0, 0.1) is 0 Å². The van der Waals surface area contributed by atoms with Crippen LogP contribution in [0.2, 0.25) is 0 Å². The molecule has 0 bridgehead atoms. The number of hydrogen-bond donors (Lipinski definition) is 3. The Morgan fingerprint density at radius 2 is 0.562 bits per heavy atom. The number of carbonyl (C=O) groups excluding carboxylic acids is 2. The van der Waals surface area contributed by atoms with E-state index in [1.165, 1.54) is 385 Å². The summed E-state index contributed by atoms with van der Waals surface area (Å²) in [7, 11) is 0. The highest BCUT2D eigenvalue weighted by atomic mass is 16.5. The van der Waals surface area contributed by atoms with Crippen molar-refractivity contribution in [1.82, 2.24) is 5.32 Å². The molecule has 1 amide bonds. The topological polar surface area (TPSA) is 95.9 Å². The first kappa shape index (κ1) is 87.3. The standard InChI is InChI=1S/C83H161NO5/c1-3-5-7-9-11-13-15-17-19-21-23-24-36-40-43-47-51-55-59-63-67-71-75-81(86)80(79-85)84-82(87)76-72-68-64-60-56-52-48-44-41-37-34-32-30-28-26-25-27-29-31-33-35-38-42-46-50-54-58-62-66-70-74-78-89-83(88)77-73-69-65-61-57-53-49-45-39-22-20-18-16-14-12-10-8-6-4-2/h12,14,18,20,80-81,85-86H,3-11,13,15-17,19,21-79H2,1-2H3,(H,84,87)/b14-12-,20-18-. The smallest absolute Gasteiger partial charge is 0.305 e. The lowest BCUT2D eigenvalue weighted by Gasteiger charge is -2.22. The Kier molecular flexibility index (Phi) is 77.3. The van der Waals surface area contributed by atoms with Crippen LogP contribution in [0.5, 0.6) is 0 Å². The van der Waals surface area contributed by atoms with Gasteiger partial charge in [0.05, 0.1) is 25.4 Å². The lowest BCUT2D eigenvalue weighted by molar-refractivity contribution is -0.143. The maximum absolute atomic E-state index is 12.6. The molecule has 3 N–H and O–H groups in total. The van der Waals surface area contributed by atoms with E-state index >= 15 is 0 Å². The summed E-state index contributed by atoms with van der Waals surface area (Å²) in [6.07, 6.45) is 101.